The molecule has 1 amide bonds. The van der Waals surface area contributed by atoms with Crippen LogP contribution in [0.15, 0.2) is 54.6 Å². The lowest BCUT2D eigenvalue weighted by atomic mass is 9.96. The summed E-state index contributed by atoms with van der Waals surface area (Å²) in [4.78, 5) is 16.1. The summed E-state index contributed by atoms with van der Waals surface area (Å²) in [7, 11) is 1.89. The summed E-state index contributed by atoms with van der Waals surface area (Å²) in [6.07, 6.45) is 2.02. The lowest BCUT2D eigenvalue weighted by molar-refractivity contribution is -0.921. The van der Waals surface area contributed by atoms with Crippen molar-refractivity contribution in [1.82, 2.24) is 4.90 Å². The third-order valence-electron chi connectivity index (χ3n) is 4.97. The van der Waals surface area contributed by atoms with E-state index in [-0.39, 0.29) is 17.6 Å². The van der Waals surface area contributed by atoms with Gasteiger partial charge in [0.05, 0.1) is 19.0 Å². The van der Waals surface area contributed by atoms with Crippen LogP contribution in [0.4, 0.5) is 4.39 Å². The Labute approximate surface area is 149 Å². The average molecular weight is 341 g/mol. The molecule has 0 aliphatic carbocycles. The van der Waals surface area contributed by atoms with Crippen LogP contribution in [0.5, 0.6) is 0 Å². The predicted octanol–water partition coefficient (Wildman–Crippen LogP) is 2.28. The lowest BCUT2D eigenvalue weighted by Crippen LogP contribution is -3.12. The third-order valence-corrected chi connectivity index (χ3v) is 4.97. The standard InChI is InChI=1S/C21H25FN2O/c1-23(14-17-6-3-2-4-7-17)21(25)19-8-5-13-24(16-19)15-18-9-11-20(22)12-10-18/h2-4,6-7,9-12,19H,5,8,13-16H2,1H3/p+1/t19-/m1/s1. The van der Waals surface area contributed by atoms with E-state index in [4.69, 9.17) is 0 Å². The quantitative estimate of drug-likeness (QED) is 0.887. The van der Waals surface area contributed by atoms with E-state index in [0.29, 0.717) is 6.54 Å². The van der Waals surface area contributed by atoms with Gasteiger partial charge in [-0.1, -0.05) is 42.5 Å². The number of nitrogens with one attached hydrogen (secondary N) is 1. The van der Waals surface area contributed by atoms with E-state index in [9.17, 15) is 9.18 Å². The Morgan fingerprint density at radius 3 is 2.56 bits per heavy atom. The van der Waals surface area contributed by atoms with Crippen LogP contribution in [-0.4, -0.2) is 30.9 Å². The minimum absolute atomic E-state index is 0.0814. The zero-order valence-corrected chi connectivity index (χ0v) is 14.7. The fraction of sp³-hybridized carbons (Fsp3) is 0.381. The van der Waals surface area contributed by atoms with Crippen LogP contribution in [0.1, 0.15) is 24.0 Å². The average Bonchev–Trinajstić information content (AvgIpc) is 2.64. The number of hydrogen-bond acceptors (Lipinski definition) is 1. The van der Waals surface area contributed by atoms with E-state index >= 15 is 0 Å². The molecule has 1 aliphatic heterocycles. The summed E-state index contributed by atoms with van der Waals surface area (Å²) in [6.45, 7) is 3.44. The maximum Gasteiger partial charge on any atom is 0.231 e. The Bertz CT molecular complexity index is 687. The van der Waals surface area contributed by atoms with E-state index in [1.54, 1.807) is 0 Å². The number of hydrogen-bond donors (Lipinski definition) is 1. The van der Waals surface area contributed by atoms with Gasteiger partial charge in [-0.2, -0.15) is 0 Å². The number of likely N-dealkylation sites (tertiary alicyclic amines) is 1. The van der Waals surface area contributed by atoms with E-state index in [0.717, 1.165) is 43.6 Å². The van der Waals surface area contributed by atoms with E-state index < -0.39 is 0 Å². The first-order valence-electron chi connectivity index (χ1n) is 8.99. The monoisotopic (exact) mass is 341 g/mol. The predicted molar refractivity (Wildman–Crippen MR) is 96.4 cm³/mol. The van der Waals surface area contributed by atoms with Gasteiger partial charge in [0, 0.05) is 19.2 Å². The van der Waals surface area contributed by atoms with Gasteiger partial charge in [0.15, 0.2) is 0 Å². The summed E-state index contributed by atoms with van der Waals surface area (Å²) in [5, 5.41) is 0. The number of rotatable bonds is 5. The molecule has 0 saturated carbocycles. The van der Waals surface area contributed by atoms with Crippen LogP contribution in [0, 0.1) is 11.7 Å². The normalized spacial score (nSPS) is 20.2. The Hall–Kier alpha value is -2.20. The van der Waals surface area contributed by atoms with Gasteiger partial charge in [-0.15, -0.1) is 0 Å². The minimum atomic E-state index is -0.201. The highest BCUT2D eigenvalue weighted by atomic mass is 19.1. The summed E-state index contributed by atoms with van der Waals surface area (Å²) < 4.78 is 13.0. The van der Waals surface area contributed by atoms with Crippen molar-refractivity contribution >= 4 is 5.91 Å². The fourth-order valence-corrected chi connectivity index (χ4v) is 3.66. The second-order valence-corrected chi connectivity index (χ2v) is 7.03. The van der Waals surface area contributed by atoms with Gasteiger partial charge in [0.2, 0.25) is 5.91 Å². The third kappa shape index (κ3) is 4.89. The van der Waals surface area contributed by atoms with Crippen LogP contribution in [0.3, 0.4) is 0 Å². The Morgan fingerprint density at radius 1 is 1.12 bits per heavy atom. The molecule has 132 valence electrons. The van der Waals surface area contributed by atoms with Gasteiger partial charge in [-0.25, -0.2) is 4.39 Å². The SMILES string of the molecule is CN(Cc1ccccc1)C(=O)[C@@H]1CCC[NH+](Cc2ccc(F)cc2)C1. The minimum Gasteiger partial charge on any atom is -0.341 e. The second-order valence-electron chi connectivity index (χ2n) is 7.03. The number of carbonyl (C=O) groups is 1. The van der Waals surface area contributed by atoms with Crippen molar-refractivity contribution in [2.75, 3.05) is 20.1 Å². The maximum atomic E-state index is 13.0. The first-order chi connectivity index (χ1) is 12.1. The molecule has 2 atom stereocenters. The molecule has 2 aromatic carbocycles. The van der Waals surface area contributed by atoms with Crippen molar-refractivity contribution in [3.63, 3.8) is 0 Å². The molecule has 1 saturated heterocycles. The molecule has 3 rings (SSSR count). The smallest absolute Gasteiger partial charge is 0.231 e. The van der Waals surface area contributed by atoms with Gasteiger partial charge in [0.1, 0.15) is 12.4 Å². The first kappa shape index (κ1) is 17.6. The van der Waals surface area contributed by atoms with Crippen molar-refractivity contribution < 1.29 is 14.1 Å². The van der Waals surface area contributed by atoms with Crippen molar-refractivity contribution in [3.8, 4) is 0 Å². The van der Waals surface area contributed by atoms with Crippen LogP contribution in [-0.2, 0) is 17.9 Å². The molecule has 2 aromatic rings. The fourth-order valence-electron chi connectivity index (χ4n) is 3.66. The topological polar surface area (TPSA) is 24.8 Å². The highest BCUT2D eigenvalue weighted by Gasteiger charge is 2.30. The second kappa shape index (κ2) is 8.26. The Kier molecular flexibility index (Phi) is 5.82. The molecule has 1 N–H and O–H groups in total. The summed E-state index contributed by atoms with van der Waals surface area (Å²) in [6, 6.07) is 16.8. The molecular formula is C21H26FN2O+. The number of quaternary nitrogens is 1. The van der Waals surface area contributed by atoms with Crippen LogP contribution >= 0.6 is 0 Å². The van der Waals surface area contributed by atoms with Gasteiger partial charge >= 0.3 is 0 Å². The largest absolute Gasteiger partial charge is 0.341 e. The number of halogens is 1. The van der Waals surface area contributed by atoms with E-state index in [2.05, 4.69) is 12.1 Å². The zero-order valence-electron chi connectivity index (χ0n) is 14.7. The molecule has 1 heterocycles. The first-order valence-corrected chi connectivity index (χ1v) is 8.99. The number of nitrogens with zero attached hydrogens (tertiary/aromatic N) is 1. The van der Waals surface area contributed by atoms with Crippen molar-refractivity contribution in [3.05, 3.63) is 71.5 Å². The molecule has 0 radical (unpaired) electrons. The molecule has 0 spiro atoms. The zero-order chi connectivity index (χ0) is 17.6. The van der Waals surface area contributed by atoms with Crippen molar-refractivity contribution in [2.45, 2.75) is 25.9 Å². The lowest BCUT2D eigenvalue weighted by Gasteiger charge is -2.31. The molecule has 1 fully saturated rings. The highest BCUT2D eigenvalue weighted by molar-refractivity contribution is 5.78. The molecule has 0 aromatic heterocycles. The number of amides is 1. The van der Waals surface area contributed by atoms with Gasteiger partial charge in [-0.05, 0) is 30.5 Å². The van der Waals surface area contributed by atoms with Gasteiger partial charge in [0.25, 0.3) is 0 Å². The van der Waals surface area contributed by atoms with E-state index in [1.165, 1.54) is 17.0 Å². The number of carbonyl (C=O) groups excluding carboxylic acids is 1. The van der Waals surface area contributed by atoms with Crippen molar-refractivity contribution in [2.24, 2.45) is 5.92 Å². The molecule has 3 nitrogen and oxygen atoms in total. The van der Waals surface area contributed by atoms with Crippen LogP contribution < -0.4 is 4.90 Å². The summed E-state index contributed by atoms with van der Waals surface area (Å²) in [5.41, 5.74) is 2.28. The van der Waals surface area contributed by atoms with Crippen LogP contribution in [0.2, 0.25) is 0 Å². The summed E-state index contributed by atoms with van der Waals surface area (Å²) in [5.74, 6) is 0.117. The highest BCUT2D eigenvalue weighted by Crippen LogP contribution is 2.13. The Balaban J connectivity index is 1.56. The molecular weight excluding hydrogens is 315 g/mol. The van der Waals surface area contributed by atoms with Gasteiger partial charge < -0.3 is 9.80 Å². The molecule has 4 heteroatoms. The molecule has 1 aliphatic rings. The molecule has 0 bridgehead atoms. The Morgan fingerprint density at radius 2 is 1.84 bits per heavy atom. The molecule has 1 unspecified atom stereocenters. The number of benzene rings is 2. The maximum absolute atomic E-state index is 13.0. The number of piperidine rings is 1. The van der Waals surface area contributed by atoms with Gasteiger partial charge in [-0.3, -0.25) is 4.79 Å². The summed E-state index contributed by atoms with van der Waals surface area (Å²) >= 11 is 0. The van der Waals surface area contributed by atoms with E-state index in [1.807, 2.05) is 42.3 Å². The van der Waals surface area contributed by atoms with Crippen molar-refractivity contribution in [1.29, 1.82) is 0 Å². The molecule has 25 heavy (non-hydrogen) atoms. The van der Waals surface area contributed by atoms with Crippen LogP contribution in [0.25, 0.3) is 0 Å².